The molecule has 3 rings (SSSR count). The van der Waals surface area contributed by atoms with Crippen molar-refractivity contribution in [2.45, 2.75) is 0 Å². The standard InChI is InChI=1S/C16H11Cl2N3O2/c1-21-13-5-3-2-4-11(13)14(16(21)23)20-19-8-9-6-10(17)7-12(18)15(9)22/h2-8,22H,1H3/b19-8+,20-14+. The highest BCUT2D eigenvalue weighted by molar-refractivity contribution is 6.54. The second kappa shape index (κ2) is 6.02. The van der Waals surface area contributed by atoms with Crippen LogP contribution in [0.15, 0.2) is 46.6 Å². The van der Waals surface area contributed by atoms with Crippen LogP contribution >= 0.6 is 23.2 Å². The van der Waals surface area contributed by atoms with Crippen LogP contribution in [0.2, 0.25) is 10.0 Å². The molecule has 0 atom stereocenters. The molecule has 0 aromatic heterocycles. The minimum atomic E-state index is -0.239. The molecule has 0 fully saturated rings. The number of phenols is 1. The first kappa shape index (κ1) is 15.5. The highest BCUT2D eigenvalue weighted by Crippen LogP contribution is 2.30. The summed E-state index contributed by atoms with van der Waals surface area (Å²) in [6, 6.07) is 10.2. The fourth-order valence-corrected chi connectivity index (χ4v) is 2.79. The zero-order valence-electron chi connectivity index (χ0n) is 12.0. The lowest BCUT2D eigenvalue weighted by Crippen LogP contribution is -2.25. The molecule has 0 unspecified atom stereocenters. The van der Waals surface area contributed by atoms with E-state index in [1.807, 2.05) is 18.2 Å². The Morgan fingerprint density at radius 3 is 2.74 bits per heavy atom. The molecule has 1 N–H and O–H groups in total. The molecule has 0 bridgehead atoms. The summed E-state index contributed by atoms with van der Waals surface area (Å²) in [5.74, 6) is -0.382. The zero-order valence-corrected chi connectivity index (χ0v) is 13.5. The zero-order chi connectivity index (χ0) is 16.6. The van der Waals surface area contributed by atoms with Crippen molar-refractivity contribution in [3.63, 3.8) is 0 Å². The van der Waals surface area contributed by atoms with E-state index >= 15 is 0 Å². The first-order valence-corrected chi connectivity index (χ1v) is 7.41. The normalized spacial score (nSPS) is 15.7. The lowest BCUT2D eigenvalue weighted by Gasteiger charge is -2.07. The summed E-state index contributed by atoms with van der Waals surface area (Å²) < 4.78 is 0. The summed E-state index contributed by atoms with van der Waals surface area (Å²) in [5.41, 5.74) is 2.05. The van der Waals surface area contributed by atoms with Crippen LogP contribution in [0.3, 0.4) is 0 Å². The number of phenolic OH excluding ortho intramolecular Hbond substituents is 1. The Hall–Kier alpha value is -2.37. The summed E-state index contributed by atoms with van der Waals surface area (Å²) in [5, 5.41) is 18.2. The van der Waals surface area contributed by atoms with Crippen LogP contribution < -0.4 is 4.90 Å². The van der Waals surface area contributed by atoms with Gasteiger partial charge in [0.15, 0.2) is 5.71 Å². The molecule has 0 spiro atoms. The summed E-state index contributed by atoms with van der Waals surface area (Å²) >= 11 is 11.7. The van der Waals surface area contributed by atoms with Gasteiger partial charge in [-0.05, 0) is 18.2 Å². The largest absolute Gasteiger partial charge is 0.506 e. The predicted octanol–water partition coefficient (Wildman–Crippen LogP) is 3.50. The van der Waals surface area contributed by atoms with E-state index < -0.39 is 0 Å². The molecule has 2 aromatic carbocycles. The maximum absolute atomic E-state index is 12.2. The molecule has 5 nitrogen and oxygen atoms in total. The summed E-state index contributed by atoms with van der Waals surface area (Å²) in [7, 11) is 1.68. The third-order valence-corrected chi connectivity index (χ3v) is 3.95. The molecule has 1 aliphatic rings. The van der Waals surface area contributed by atoms with E-state index in [0.29, 0.717) is 16.1 Å². The lowest BCUT2D eigenvalue weighted by molar-refractivity contribution is -0.111. The monoisotopic (exact) mass is 347 g/mol. The van der Waals surface area contributed by atoms with Crippen molar-refractivity contribution in [2.24, 2.45) is 10.2 Å². The van der Waals surface area contributed by atoms with Gasteiger partial charge in [-0.15, -0.1) is 5.10 Å². The first-order valence-electron chi connectivity index (χ1n) is 6.65. The number of aromatic hydroxyl groups is 1. The molecule has 0 saturated heterocycles. The number of hydrogen-bond acceptors (Lipinski definition) is 4. The van der Waals surface area contributed by atoms with Crippen LogP contribution in [0.25, 0.3) is 0 Å². The molecule has 1 amide bonds. The van der Waals surface area contributed by atoms with Gasteiger partial charge >= 0.3 is 0 Å². The van der Waals surface area contributed by atoms with E-state index in [1.165, 1.54) is 23.2 Å². The van der Waals surface area contributed by atoms with Gasteiger partial charge in [-0.1, -0.05) is 41.4 Å². The van der Waals surface area contributed by atoms with Gasteiger partial charge in [-0.2, -0.15) is 5.10 Å². The smallest absolute Gasteiger partial charge is 0.279 e. The number of nitrogens with zero attached hydrogens (tertiary/aromatic N) is 3. The van der Waals surface area contributed by atoms with Crippen LogP contribution in [0.5, 0.6) is 5.75 Å². The van der Waals surface area contributed by atoms with Crippen molar-refractivity contribution in [1.29, 1.82) is 0 Å². The Morgan fingerprint density at radius 1 is 1.22 bits per heavy atom. The van der Waals surface area contributed by atoms with E-state index in [-0.39, 0.29) is 22.4 Å². The predicted molar refractivity (Wildman–Crippen MR) is 92.1 cm³/mol. The fourth-order valence-electron chi connectivity index (χ4n) is 2.28. The number of benzene rings is 2. The Morgan fingerprint density at radius 2 is 1.96 bits per heavy atom. The van der Waals surface area contributed by atoms with Gasteiger partial charge in [0.1, 0.15) is 5.75 Å². The van der Waals surface area contributed by atoms with E-state index in [0.717, 1.165) is 5.69 Å². The molecular weight excluding hydrogens is 337 g/mol. The van der Waals surface area contributed by atoms with Crippen LogP contribution in [0.4, 0.5) is 5.69 Å². The van der Waals surface area contributed by atoms with Gasteiger partial charge in [0.2, 0.25) is 0 Å². The minimum Gasteiger partial charge on any atom is -0.506 e. The number of para-hydroxylation sites is 1. The van der Waals surface area contributed by atoms with Gasteiger partial charge in [0, 0.05) is 23.2 Å². The molecule has 0 aliphatic carbocycles. The Balaban J connectivity index is 1.96. The molecule has 1 heterocycles. The van der Waals surface area contributed by atoms with Crippen molar-refractivity contribution >= 4 is 46.7 Å². The van der Waals surface area contributed by atoms with E-state index in [2.05, 4.69) is 10.2 Å². The van der Waals surface area contributed by atoms with Gasteiger partial charge in [0.05, 0.1) is 16.9 Å². The van der Waals surface area contributed by atoms with E-state index in [9.17, 15) is 9.90 Å². The maximum atomic E-state index is 12.2. The molecule has 7 heteroatoms. The Kier molecular flexibility index (Phi) is 4.07. The van der Waals surface area contributed by atoms with Crippen molar-refractivity contribution in [3.8, 4) is 5.75 Å². The number of fused-ring (bicyclic) bond motifs is 1. The van der Waals surface area contributed by atoms with Crippen LogP contribution in [0.1, 0.15) is 11.1 Å². The van der Waals surface area contributed by atoms with Crippen LogP contribution in [-0.2, 0) is 4.79 Å². The van der Waals surface area contributed by atoms with Crippen molar-refractivity contribution < 1.29 is 9.90 Å². The molecule has 1 aliphatic heterocycles. The first-order chi connectivity index (χ1) is 11.0. The number of halogens is 2. The molecule has 2 aromatic rings. The summed E-state index contributed by atoms with van der Waals surface area (Å²) in [6.45, 7) is 0. The molecule has 23 heavy (non-hydrogen) atoms. The third-order valence-electron chi connectivity index (χ3n) is 3.44. The van der Waals surface area contributed by atoms with Crippen molar-refractivity contribution in [1.82, 2.24) is 0 Å². The highest BCUT2D eigenvalue weighted by Gasteiger charge is 2.30. The van der Waals surface area contributed by atoms with Gasteiger partial charge in [-0.3, -0.25) is 4.79 Å². The quantitative estimate of drug-likeness (QED) is 0.667. The average molecular weight is 348 g/mol. The Bertz CT molecular complexity index is 862. The molecule has 116 valence electrons. The second-order valence-corrected chi connectivity index (χ2v) is 5.74. The average Bonchev–Trinajstić information content (AvgIpc) is 2.77. The third kappa shape index (κ3) is 2.81. The van der Waals surface area contributed by atoms with Crippen LogP contribution in [0, 0.1) is 0 Å². The fraction of sp³-hybridized carbons (Fsp3) is 0.0625. The number of likely N-dealkylation sites (N-methyl/N-ethyl adjacent to an activating group) is 1. The molecule has 0 radical (unpaired) electrons. The number of anilines is 1. The van der Waals surface area contributed by atoms with E-state index in [1.54, 1.807) is 13.1 Å². The summed E-state index contributed by atoms with van der Waals surface area (Å²) in [6.07, 6.45) is 1.30. The number of carbonyl (C=O) groups excluding carboxylic acids is 1. The maximum Gasteiger partial charge on any atom is 0.279 e. The second-order valence-electron chi connectivity index (χ2n) is 4.90. The topological polar surface area (TPSA) is 65.3 Å². The lowest BCUT2D eigenvalue weighted by atomic mass is 10.1. The highest BCUT2D eigenvalue weighted by atomic mass is 35.5. The number of amides is 1. The summed E-state index contributed by atoms with van der Waals surface area (Å²) in [4.78, 5) is 13.7. The van der Waals surface area contributed by atoms with Crippen LogP contribution in [-0.4, -0.2) is 30.0 Å². The van der Waals surface area contributed by atoms with E-state index in [4.69, 9.17) is 23.2 Å². The molecular formula is C16H11Cl2N3O2. The van der Waals surface area contributed by atoms with Crippen molar-refractivity contribution in [3.05, 3.63) is 57.6 Å². The SMILES string of the molecule is CN1C(=O)/C(=N/N=C/c2cc(Cl)cc(Cl)c2O)c2ccccc21. The number of hydrogen-bond donors (Lipinski definition) is 1. The Labute approximate surface area is 142 Å². The van der Waals surface area contributed by atoms with Crippen molar-refractivity contribution in [2.75, 3.05) is 11.9 Å². The van der Waals surface area contributed by atoms with Gasteiger partial charge in [0.25, 0.3) is 5.91 Å². The number of carbonyl (C=O) groups is 1. The molecule has 0 saturated carbocycles. The van der Waals surface area contributed by atoms with Gasteiger partial charge < -0.3 is 10.0 Å². The minimum absolute atomic E-state index is 0.119. The van der Waals surface area contributed by atoms with Gasteiger partial charge in [-0.25, -0.2) is 0 Å². The number of rotatable bonds is 2.